The molecular weight excluding hydrogens is 493 g/mol. The highest BCUT2D eigenvalue weighted by Gasteiger charge is 2.12. The van der Waals surface area contributed by atoms with E-state index in [1.54, 1.807) is 36.4 Å². The average Bonchev–Trinajstić information content (AvgIpc) is 3.47. The van der Waals surface area contributed by atoms with E-state index in [4.69, 9.17) is 32.8 Å². The molecule has 9 nitrogen and oxygen atoms in total. The Morgan fingerprint density at radius 2 is 1.51 bits per heavy atom. The summed E-state index contributed by atoms with van der Waals surface area (Å²) in [5.41, 5.74) is 3.67. The molecule has 0 N–H and O–H groups in total. The quantitative estimate of drug-likeness (QED) is 0.282. The van der Waals surface area contributed by atoms with Gasteiger partial charge in [-0.05, 0) is 49.2 Å². The number of carbonyl (C=O) groups excluding carboxylic acids is 2. The number of hydroxylamine groups is 2. The number of rotatable bonds is 3. The Kier molecular flexibility index (Phi) is 9.80. The maximum absolute atomic E-state index is 11.8. The van der Waals surface area contributed by atoms with Gasteiger partial charge in [-0.15, -0.1) is 0 Å². The molecule has 3 heterocycles. The Labute approximate surface area is 212 Å². The molecule has 1 aliphatic rings. The minimum atomic E-state index is -0.254. The van der Waals surface area contributed by atoms with Gasteiger partial charge in [0.05, 0.1) is 41.6 Å². The number of aromatic nitrogens is 4. The molecule has 2 aromatic carbocycles. The van der Waals surface area contributed by atoms with Crippen molar-refractivity contribution >= 4 is 57.5 Å². The van der Waals surface area contributed by atoms with Crippen LogP contribution in [0.4, 0.5) is 0 Å². The Bertz CT molecular complexity index is 1310. The normalized spacial score (nSPS) is 12.3. The largest absolute Gasteiger partial charge is 0.381 e. The third-order valence-electron chi connectivity index (χ3n) is 4.82. The topological polar surface area (TPSA) is 107 Å². The molecule has 0 atom stereocenters. The smallest absolute Gasteiger partial charge is 0.277 e. The molecule has 0 unspecified atom stereocenters. The molecule has 0 aliphatic carbocycles. The summed E-state index contributed by atoms with van der Waals surface area (Å²) in [4.78, 5) is 43.4. The van der Waals surface area contributed by atoms with E-state index in [-0.39, 0.29) is 5.91 Å². The van der Waals surface area contributed by atoms with E-state index in [2.05, 4.69) is 19.9 Å². The highest BCUT2D eigenvalue weighted by atomic mass is 35.5. The van der Waals surface area contributed by atoms with Gasteiger partial charge in [0, 0.05) is 31.4 Å². The van der Waals surface area contributed by atoms with Crippen LogP contribution < -0.4 is 0 Å². The van der Waals surface area contributed by atoms with Crippen molar-refractivity contribution in [2.24, 2.45) is 0 Å². The molecule has 1 aliphatic heterocycles. The number of fused-ring (bicyclic) bond motifs is 2. The molecule has 0 bridgehead atoms. The summed E-state index contributed by atoms with van der Waals surface area (Å²) in [5.74, 6) is -0.254. The maximum Gasteiger partial charge on any atom is 0.277 e. The van der Waals surface area contributed by atoms with Crippen LogP contribution in [-0.4, -0.2) is 64.6 Å². The molecule has 5 rings (SSSR count). The minimum absolute atomic E-state index is 0.254. The number of carbonyl (C=O) groups is 2. The summed E-state index contributed by atoms with van der Waals surface area (Å²) < 4.78 is 4.94. The summed E-state index contributed by atoms with van der Waals surface area (Å²) in [5, 5.41) is 1.76. The van der Waals surface area contributed by atoms with Gasteiger partial charge in [0.1, 0.15) is 16.6 Å². The van der Waals surface area contributed by atoms with Crippen LogP contribution in [0.1, 0.15) is 33.6 Å². The third kappa shape index (κ3) is 7.63. The van der Waals surface area contributed by atoms with Crippen LogP contribution in [-0.2, 0) is 9.57 Å². The number of halogens is 2. The van der Waals surface area contributed by atoms with Crippen molar-refractivity contribution in [1.29, 1.82) is 0 Å². The van der Waals surface area contributed by atoms with E-state index in [1.807, 2.05) is 0 Å². The lowest BCUT2D eigenvalue weighted by atomic mass is 10.2. The van der Waals surface area contributed by atoms with Crippen LogP contribution in [0.25, 0.3) is 22.1 Å². The van der Waals surface area contributed by atoms with Crippen LogP contribution in [0.2, 0.25) is 10.3 Å². The minimum Gasteiger partial charge on any atom is -0.381 e. The van der Waals surface area contributed by atoms with E-state index in [1.165, 1.54) is 39.4 Å². The number of ether oxygens (including phenoxy) is 1. The van der Waals surface area contributed by atoms with Crippen LogP contribution in [0.5, 0.6) is 0 Å². The van der Waals surface area contributed by atoms with E-state index in [9.17, 15) is 9.59 Å². The van der Waals surface area contributed by atoms with Gasteiger partial charge in [0.25, 0.3) is 5.91 Å². The highest BCUT2D eigenvalue weighted by Crippen LogP contribution is 2.16. The molecule has 1 saturated heterocycles. The van der Waals surface area contributed by atoms with Crippen molar-refractivity contribution in [1.82, 2.24) is 25.0 Å². The van der Waals surface area contributed by atoms with Crippen molar-refractivity contribution in [3.05, 3.63) is 70.2 Å². The summed E-state index contributed by atoms with van der Waals surface area (Å²) in [6, 6.07) is 10.1. The first kappa shape index (κ1) is 26.4. The standard InChI is InChI=1S/C11H10ClN3O2.C9H5ClN2O.C4H8O/c1-15(17-2)11(16)7-3-4-8-9(5-7)14-10(12)6-13-8;10-9-4-11-7-2-1-6(5-13)3-8(7)12-9;1-2-4-5-3-1/h3-6H,1-2H3;1-5H;1-4H2. The van der Waals surface area contributed by atoms with Crippen LogP contribution in [0.3, 0.4) is 0 Å². The van der Waals surface area contributed by atoms with E-state index >= 15 is 0 Å². The zero-order valence-electron chi connectivity index (χ0n) is 19.1. The molecule has 2 aromatic heterocycles. The summed E-state index contributed by atoms with van der Waals surface area (Å²) in [7, 11) is 2.96. The number of amides is 1. The Morgan fingerprint density at radius 1 is 0.943 bits per heavy atom. The van der Waals surface area contributed by atoms with Gasteiger partial charge in [-0.25, -0.2) is 15.0 Å². The van der Waals surface area contributed by atoms with Crippen LogP contribution >= 0.6 is 23.2 Å². The Morgan fingerprint density at radius 3 is 2.03 bits per heavy atom. The number of hydrogen-bond acceptors (Lipinski definition) is 8. The Hall–Kier alpha value is -3.24. The molecule has 11 heteroatoms. The first-order chi connectivity index (χ1) is 16.9. The van der Waals surface area contributed by atoms with Gasteiger partial charge >= 0.3 is 0 Å². The fourth-order valence-corrected chi connectivity index (χ4v) is 3.26. The van der Waals surface area contributed by atoms with Crippen molar-refractivity contribution in [2.45, 2.75) is 12.8 Å². The van der Waals surface area contributed by atoms with Crippen LogP contribution in [0.15, 0.2) is 48.8 Å². The molecule has 35 heavy (non-hydrogen) atoms. The van der Waals surface area contributed by atoms with E-state index in [0.717, 1.165) is 30.1 Å². The van der Waals surface area contributed by atoms with Crippen molar-refractivity contribution < 1.29 is 19.2 Å². The second-order valence-corrected chi connectivity index (χ2v) is 8.03. The monoisotopic (exact) mass is 515 g/mol. The van der Waals surface area contributed by atoms with Gasteiger partial charge in [-0.2, -0.15) is 0 Å². The first-order valence-corrected chi connectivity index (χ1v) is 11.4. The zero-order valence-corrected chi connectivity index (χ0v) is 20.7. The van der Waals surface area contributed by atoms with Gasteiger partial charge in [-0.3, -0.25) is 24.4 Å². The second kappa shape index (κ2) is 13.0. The van der Waals surface area contributed by atoms with Gasteiger partial charge < -0.3 is 4.74 Å². The predicted molar refractivity (Wildman–Crippen MR) is 134 cm³/mol. The number of benzene rings is 2. The second-order valence-electron chi connectivity index (χ2n) is 7.26. The summed E-state index contributed by atoms with van der Waals surface area (Å²) in [6.45, 7) is 2.00. The molecule has 0 radical (unpaired) electrons. The van der Waals surface area contributed by atoms with Gasteiger partial charge in [0.2, 0.25) is 0 Å². The maximum atomic E-state index is 11.8. The Balaban J connectivity index is 0.000000167. The lowest BCUT2D eigenvalue weighted by molar-refractivity contribution is -0.0756. The van der Waals surface area contributed by atoms with Crippen molar-refractivity contribution in [3.8, 4) is 0 Å². The van der Waals surface area contributed by atoms with Gasteiger partial charge in [0.15, 0.2) is 0 Å². The lowest BCUT2D eigenvalue weighted by Gasteiger charge is -2.13. The lowest BCUT2D eigenvalue weighted by Crippen LogP contribution is -2.25. The summed E-state index contributed by atoms with van der Waals surface area (Å²) in [6.07, 6.45) is 6.26. The first-order valence-electron chi connectivity index (χ1n) is 10.6. The fourth-order valence-electron chi connectivity index (χ4n) is 2.98. The SMILES string of the molecule is C1CCOC1.CON(C)C(=O)c1ccc2ncc(Cl)nc2c1.O=Cc1ccc2ncc(Cl)nc2c1. The third-order valence-corrected chi connectivity index (χ3v) is 5.18. The molecule has 1 amide bonds. The summed E-state index contributed by atoms with van der Waals surface area (Å²) >= 11 is 11.4. The highest BCUT2D eigenvalue weighted by molar-refractivity contribution is 6.29. The number of nitrogens with zero attached hydrogens (tertiary/aromatic N) is 5. The fraction of sp³-hybridized carbons (Fsp3) is 0.250. The van der Waals surface area contributed by atoms with Crippen molar-refractivity contribution in [2.75, 3.05) is 27.4 Å². The molecule has 4 aromatic rings. The number of aldehydes is 1. The number of hydrogen-bond donors (Lipinski definition) is 0. The van der Waals surface area contributed by atoms with Crippen molar-refractivity contribution in [3.63, 3.8) is 0 Å². The molecule has 0 spiro atoms. The zero-order chi connectivity index (χ0) is 25.2. The molecular formula is C24H23Cl2N5O4. The van der Waals surface area contributed by atoms with E-state index in [0.29, 0.717) is 38.0 Å². The molecule has 1 fully saturated rings. The predicted octanol–water partition coefficient (Wildman–Crippen LogP) is 4.81. The van der Waals surface area contributed by atoms with E-state index < -0.39 is 0 Å². The molecule has 182 valence electrons. The molecule has 0 saturated carbocycles. The average molecular weight is 516 g/mol. The van der Waals surface area contributed by atoms with Gasteiger partial charge in [-0.1, -0.05) is 23.2 Å². The van der Waals surface area contributed by atoms with Crippen LogP contribution in [0, 0.1) is 0 Å².